The summed E-state index contributed by atoms with van der Waals surface area (Å²) >= 11 is 6.11. The van der Waals surface area contributed by atoms with Crippen molar-refractivity contribution in [1.82, 2.24) is 15.1 Å². The van der Waals surface area contributed by atoms with Gasteiger partial charge in [-0.15, -0.1) is 12.4 Å². The van der Waals surface area contributed by atoms with Crippen molar-refractivity contribution in [2.75, 3.05) is 46.4 Å². The Morgan fingerprint density at radius 2 is 1.92 bits per heavy atom. The van der Waals surface area contributed by atoms with E-state index in [9.17, 15) is 4.79 Å². The van der Waals surface area contributed by atoms with Gasteiger partial charge in [0, 0.05) is 49.2 Å². The van der Waals surface area contributed by atoms with Crippen molar-refractivity contribution in [3.05, 3.63) is 28.8 Å². The Hall–Kier alpha value is -1.01. The first-order valence-corrected chi connectivity index (χ1v) is 9.09. The van der Waals surface area contributed by atoms with Crippen LogP contribution < -0.4 is 10.1 Å². The highest BCUT2D eigenvalue weighted by molar-refractivity contribution is 6.30. The second-order valence-electron chi connectivity index (χ2n) is 6.58. The van der Waals surface area contributed by atoms with Crippen LogP contribution in [0, 0.1) is 5.92 Å². The number of piperidine rings is 1. The minimum Gasteiger partial charge on any atom is -0.496 e. The van der Waals surface area contributed by atoms with Gasteiger partial charge in [-0.3, -0.25) is 9.69 Å². The predicted molar refractivity (Wildman–Crippen MR) is 103 cm³/mol. The van der Waals surface area contributed by atoms with Gasteiger partial charge in [-0.25, -0.2) is 0 Å². The number of piperazine rings is 1. The van der Waals surface area contributed by atoms with Gasteiger partial charge in [-0.05, 0) is 44.1 Å². The number of nitrogens with one attached hydrogen (secondary N) is 1. The Morgan fingerprint density at radius 1 is 1.24 bits per heavy atom. The topological polar surface area (TPSA) is 44.8 Å². The van der Waals surface area contributed by atoms with Gasteiger partial charge >= 0.3 is 0 Å². The third-order valence-electron chi connectivity index (χ3n) is 5.01. The fourth-order valence-corrected chi connectivity index (χ4v) is 3.76. The zero-order valence-electron chi connectivity index (χ0n) is 14.7. The number of carbonyl (C=O) groups is 1. The number of ether oxygens (including phenoxy) is 1. The first-order valence-electron chi connectivity index (χ1n) is 8.71. The molecule has 2 aliphatic rings. The fourth-order valence-electron chi connectivity index (χ4n) is 3.57. The summed E-state index contributed by atoms with van der Waals surface area (Å²) < 4.78 is 5.42. The van der Waals surface area contributed by atoms with Crippen LogP contribution in [-0.2, 0) is 11.3 Å². The molecule has 3 rings (SSSR count). The van der Waals surface area contributed by atoms with E-state index < -0.39 is 0 Å². The first-order chi connectivity index (χ1) is 11.7. The summed E-state index contributed by atoms with van der Waals surface area (Å²) in [5, 5.41) is 4.05. The van der Waals surface area contributed by atoms with Gasteiger partial charge in [-0.1, -0.05) is 11.6 Å². The average Bonchev–Trinajstić information content (AvgIpc) is 2.63. The molecular weight excluding hydrogens is 361 g/mol. The monoisotopic (exact) mass is 387 g/mol. The lowest BCUT2D eigenvalue weighted by atomic mass is 9.96. The number of nitrogens with zero attached hydrogens (tertiary/aromatic N) is 2. The zero-order chi connectivity index (χ0) is 16.9. The molecular formula is C18H27Cl2N3O2. The number of halogens is 2. The molecule has 0 unspecified atom stereocenters. The molecule has 2 heterocycles. The van der Waals surface area contributed by atoms with Crippen LogP contribution in [-0.4, -0.2) is 62.1 Å². The number of amides is 1. The highest BCUT2D eigenvalue weighted by Crippen LogP contribution is 2.25. The van der Waals surface area contributed by atoms with Crippen LogP contribution in [0.1, 0.15) is 18.4 Å². The van der Waals surface area contributed by atoms with Gasteiger partial charge in [0.15, 0.2) is 0 Å². The van der Waals surface area contributed by atoms with E-state index >= 15 is 0 Å². The van der Waals surface area contributed by atoms with E-state index in [1.165, 1.54) is 0 Å². The van der Waals surface area contributed by atoms with Gasteiger partial charge < -0.3 is 15.0 Å². The Balaban J connectivity index is 0.00000225. The van der Waals surface area contributed by atoms with Crippen LogP contribution in [0.5, 0.6) is 5.75 Å². The molecule has 5 nitrogen and oxygen atoms in total. The number of benzene rings is 1. The van der Waals surface area contributed by atoms with Gasteiger partial charge in [0.2, 0.25) is 5.91 Å². The summed E-state index contributed by atoms with van der Waals surface area (Å²) in [5.41, 5.74) is 1.10. The first kappa shape index (κ1) is 20.3. The van der Waals surface area contributed by atoms with Crippen molar-refractivity contribution in [1.29, 1.82) is 0 Å². The Morgan fingerprint density at radius 3 is 2.56 bits per heavy atom. The maximum absolute atomic E-state index is 12.6. The lowest BCUT2D eigenvalue weighted by Crippen LogP contribution is -2.51. The Labute approximate surface area is 161 Å². The minimum absolute atomic E-state index is 0. The summed E-state index contributed by atoms with van der Waals surface area (Å²) in [6.45, 7) is 6.14. The van der Waals surface area contributed by atoms with Crippen LogP contribution in [0.2, 0.25) is 5.02 Å². The molecule has 0 aromatic heterocycles. The van der Waals surface area contributed by atoms with Crippen LogP contribution in [0.4, 0.5) is 0 Å². The predicted octanol–water partition coefficient (Wildman–Crippen LogP) is 2.41. The van der Waals surface area contributed by atoms with E-state index in [1.807, 2.05) is 23.1 Å². The Bertz CT molecular complexity index is 571. The summed E-state index contributed by atoms with van der Waals surface area (Å²) in [4.78, 5) is 17.0. The molecule has 1 N–H and O–H groups in total. The van der Waals surface area contributed by atoms with Gasteiger partial charge in [0.1, 0.15) is 5.75 Å². The maximum Gasteiger partial charge on any atom is 0.225 e. The number of carbonyl (C=O) groups excluding carboxylic acids is 1. The SMILES string of the molecule is COc1ccc(Cl)cc1CN1CCN(C(=O)C2CCNCC2)CC1.Cl. The third kappa shape index (κ3) is 5.23. The maximum atomic E-state index is 12.6. The number of hydrogen-bond acceptors (Lipinski definition) is 4. The molecule has 1 amide bonds. The van der Waals surface area contributed by atoms with Crippen molar-refractivity contribution in [2.24, 2.45) is 5.92 Å². The summed E-state index contributed by atoms with van der Waals surface area (Å²) in [6.07, 6.45) is 1.94. The van der Waals surface area contributed by atoms with Crippen LogP contribution in [0.3, 0.4) is 0 Å². The largest absolute Gasteiger partial charge is 0.496 e. The molecule has 0 atom stereocenters. The number of rotatable bonds is 4. The van der Waals surface area contributed by atoms with E-state index in [0.29, 0.717) is 5.91 Å². The number of methoxy groups -OCH3 is 1. The Kier molecular flexibility index (Phi) is 7.81. The zero-order valence-corrected chi connectivity index (χ0v) is 16.2. The molecule has 25 heavy (non-hydrogen) atoms. The molecule has 140 valence electrons. The van der Waals surface area contributed by atoms with Crippen molar-refractivity contribution in [3.63, 3.8) is 0 Å². The lowest BCUT2D eigenvalue weighted by Gasteiger charge is -2.37. The van der Waals surface area contributed by atoms with Crippen molar-refractivity contribution < 1.29 is 9.53 Å². The highest BCUT2D eigenvalue weighted by atomic mass is 35.5. The van der Waals surface area contributed by atoms with E-state index in [1.54, 1.807) is 7.11 Å². The van der Waals surface area contributed by atoms with Crippen LogP contribution >= 0.6 is 24.0 Å². The molecule has 7 heteroatoms. The molecule has 2 saturated heterocycles. The van der Waals surface area contributed by atoms with E-state index in [0.717, 1.165) is 75.0 Å². The molecule has 0 spiro atoms. The quantitative estimate of drug-likeness (QED) is 0.861. The van der Waals surface area contributed by atoms with E-state index in [-0.39, 0.29) is 18.3 Å². The molecule has 0 saturated carbocycles. The van der Waals surface area contributed by atoms with E-state index in [4.69, 9.17) is 16.3 Å². The van der Waals surface area contributed by atoms with Crippen LogP contribution in [0.25, 0.3) is 0 Å². The van der Waals surface area contributed by atoms with Crippen LogP contribution in [0.15, 0.2) is 18.2 Å². The highest BCUT2D eigenvalue weighted by Gasteiger charge is 2.28. The second-order valence-corrected chi connectivity index (χ2v) is 7.02. The van der Waals surface area contributed by atoms with Gasteiger partial charge in [-0.2, -0.15) is 0 Å². The fraction of sp³-hybridized carbons (Fsp3) is 0.611. The molecule has 1 aromatic carbocycles. The standard InChI is InChI=1S/C18H26ClN3O2.ClH/c1-24-17-3-2-16(19)12-15(17)13-21-8-10-22(11-9-21)18(23)14-4-6-20-7-5-14;/h2-3,12,14,20H,4-11,13H2,1H3;1H. The molecule has 2 fully saturated rings. The normalized spacial score (nSPS) is 19.4. The minimum atomic E-state index is 0. The smallest absolute Gasteiger partial charge is 0.225 e. The van der Waals surface area contributed by atoms with Crippen molar-refractivity contribution in [3.8, 4) is 5.75 Å². The molecule has 0 aliphatic carbocycles. The number of hydrogen-bond donors (Lipinski definition) is 1. The molecule has 0 radical (unpaired) electrons. The van der Waals surface area contributed by atoms with Crippen molar-refractivity contribution >= 4 is 29.9 Å². The molecule has 2 aliphatic heterocycles. The van der Waals surface area contributed by atoms with Crippen molar-refractivity contribution in [2.45, 2.75) is 19.4 Å². The third-order valence-corrected chi connectivity index (χ3v) is 5.24. The van der Waals surface area contributed by atoms with Gasteiger partial charge in [0.05, 0.1) is 7.11 Å². The summed E-state index contributed by atoms with van der Waals surface area (Å²) in [5.74, 6) is 1.43. The van der Waals surface area contributed by atoms with E-state index in [2.05, 4.69) is 10.2 Å². The second kappa shape index (κ2) is 9.62. The van der Waals surface area contributed by atoms with Gasteiger partial charge in [0.25, 0.3) is 0 Å². The average molecular weight is 388 g/mol. The molecule has 0 bridgehead atoms. The lowest BCUT2D eigenvalue weighted by molar-refractivity contribution is -0.138. The summed E-state index contributed by atoms with van der Waals surface area (Å²) in [6, 6.07) is 5.72. The molecule has 1 aromatic rings. The summed E-state index contributed by atoms with van der Waals surface area (Å²) in [7, 11) is 1.68.